The number of rotatable bonds is 4. The van der Waals surface area contributed by atoms with E-state index in [9.17, 15) is 8.42 Å². The molecule has 0 atom stereocenters. The molecule has 5 heteroatoms. The third-order valence-corrected chi connectivity index (χ3v) is 3.76. The lowest BCUT2D eigenvalue weighted by atomic mass is 10.2. The Morgan fingerprint density at radius 2 is 1.63 bits per heavy atom. The molecule has 0 unspecified atom stereocenters. The van der Waals surface area contributed by atoms with E-state index in [1.165, 1.54) is 6.21 Å². The molecule has 0 aliphatic heterocycles. The molecule has 0 aliphatic rings. The number of sulfonamides is 1. The van der Waals surface area contributed by atoms with Crippen LogP contribution in [-0.4, -0.2) is 14.6 Å². The van der Waals surface area contributed by atoms with Crippen molar-refractivity contribution in [3.63, 3.8) is 0 Å². The molecular formula is C14H14N2O2S. The van der Waals surface area contributed by atoms with Crippen LogP contribution in [-0.2, 0) is 10.0 Å². The van der Waals surface area contributed by atoms with E-state index in [0.29, 0.717) is 0 Å². The van der Waals surface area contributed by atoms with Crippen molar-refractivity contribution in [2.45, 2.75) is 11.8 Å². The van der Waals surface area contributed by atoms with Gasteiger partial charge in [-0.25, -0.2) is 4.83 Å². The maximum Gasteiger partial charge on any atom is 0.276 e. The van der Waals surface area contributed by atoms with Gasteiger partial charge in [0.2, 0.25) is 0 Å². The highest BCUT2D eigenvalue weighted by atomic mass is 32.2. The average Bonchev–Trinajstić information content (AvgIpc) is 2.40. The molecule has 0 aliphatic carbocycles. The topological polar surface area (TPSA) is 58.5 Å². The molecule has 0 saturated carbocycles. The summed E-state index contributed by atoms with van der Waals surface area (Å²) in [6.07, 6.45) is 1.46. The van der Waals surface area contributed by atoms with Gasteiger partial charge in [-0.3, -0.25) is 0 Å². The Balaban J connectivity index is 2.10. The maximum absolute atomic E-state index is 11.9. The van der Waals surface area contributed by atoms with E-state index < -0.39 is 10.0 Å². The first-order chi connectivity index (χ1) is 9.08. The molecule has 2 rings (SSSR count). The van der Waals surface area contributed by atoms with Crippen LogP contribution in [0.2, 0.25) is 0 Å². The van der Waals surface area contributed by atoms with Crippen molar-refractivity contribution in [3.05, 3.63) is 65.7 Å². The molecule has 1 N–H and O–H groups in total. The van der Waals surface area contributed by atoms with Gasteiger partial charge in [-0.05, 0) is 24.6 Å². The number of benzene rings is 2. The van der Waals surface area contributed by atoms with E-state index in [1.807, 2.05) is 37.3 Å². The Morgan fingerprint density at radius 1 is 1.00 bits per heavy atom. The van der Waals surface area contributed by atoms with Crippen LogP contribution in [0.1, 0.15) is 11.1 Å². The number of nitrogens with one attached hydrogen (secondary N) is 1. The largest absolute Gasteiger partial charge is 0.276 e. The van der Waals surface area contributed by atoms with Crippen LogP contribution in [0, 0.1) is 6.92 Å². The smallest absolute Gasteiger partial charge is 0.200 e. The quantitative estimate of drug-likeness (QED) is 0.687. The molecule has 4 nitrogen and oxygen atoms in total. The van der Waals surface area contributed by atoms with Crippen molar-refractivity contribution in [1.29, 1.82) is 0 Å². The van der Waals surface area contributed by atoms with Crippen LogP contribution in [0.25, 0.3) is 0 Å². The highest BCUT2D eigenvalue weighted by Gasteiger charge is 2.11. The number of aryl methyl sites for hydroxylation is 1. The summed E-state index contributed by atoms with van der Waals surface area (Å²) in [6.45, 7) is 1.90. The minimum atomic E-state index is -3.60. The molecule has 0 heterocycles. The fraction of sp³-hybridized carbons (Fsp3) is 0.0714. The van der Waals surface area contributed by atoms with Crippen molar-refractivity contribution in [3.8, 4) is 0 Å². The van der Waals surface area contributed by atoms with Crippen molar-refractivity contribution in [2.24, 2.45) is 5.10 Å². The molecule has 0 radical (unpaired) electrons. The van der Waals surface area contributed by atoms with E-state index in [-0.39, 0.29) is 4.90 Å². The van der Waals surface area contributed by atoms with E-state index in [2.05, 4.69) is 9.93 Å². The molecule has 98 valence electrons. The molecule has 0 bridgehead atoms. The second-order valence-corrected chi connectivity index (χ2v) is 5.74. The highest BCUT2D eigenvalue weighted by Crippen LogP contribution is 2.09. The first kappa shape index (κ1) is 13.3. The SMILES string of the molecule is Cc1ccc(S(=O)(=O)NN=Cc2ccccc2)cc1. The highest BCUT2D eigenvalue weighted by molar-refractivity contribution is 7.89. The molecule has 2 aromatic rings. The Bertz CT molecular complexity index is 662. The van der Waals surface area contributed by atoms with E-state index in [4.69, 9.17) is 0 Å². The van der Waals surface area contributed by atoms with Crippen molar-refractivity contribution >= 4 is 16.2 Å². The van der Waals surface area contributed by atoms with Crippen LogP contribution < -0.4 is 4.83 Å². The zero-order chi connectivity index (χ0) is 13.7. The molecule has 2 aromatic carbocycles. The first-order valence-corrected chi connectivity index (χ1v) is 7.23. The summed E-state index contributed by atoms with van der Waals surface area (Å²) in [5.41, 5.74) is 1.83. The molecular weight excluding hydrogens is 260 g/mol. The third kappa shape index (κ3) is 3.66. The van der Waals surface area contributed by atoms with Gasteiger partial charge >= 0.3 is 0 Å². The minimum Gasteiger partial charge on any atom is -0.200 e. The second-order valence-electron chi connectivity index (χ2n) is 4.08. The number of hydrazone groups is 1. The molecule has 0 saturated heterocycles. The van der Waals surface area contributed by atoms with Gasteiger partial charge in [0.05, 0.1) is 11.1 Å². The number of nitrogens with zero attached hydrogens (tertiary/aromatic N) is 1. The van der Waals surface area contributed by atoms with Gasteiger partial charge < -0.3 is 0 Å². The average molecular weight is 274 g/mol. The standard InChI is InChI=1S/C14H14N2O2S/c1-12-7-9-14(10-8-12)19(17,18)16-15-11-13-5-3-2-4-6-13/h2-11,16H,1H3. The summed E-state index contributed by atoms with van der Waals surface area (Å²) in [7, 11) is -3.60. The molecule has 0 fully saturated rings. The lowest BCUT2D eigenvalue weighted by molar-refractivity contribution is 0.584. The van der Waals surface area contributed by atoms with E-state index in [1.54, 1.807) is 24.3 Å². The van der Waals surface area contributed by atoms with E-state index in [0.717, 1.165) is 11.1 Å². The normalized spacial score (nSPS) is 11.6. The van der Waals surface area contributed by atoms with Gasteiger partial charge in [-0.1, -0.05) is 48.0 Å². The number of hydrogen-bond donors (Lipinski definition) is 1. The van der Waals surface area contributed by atoms with Crippen LogP contribution in [0.3, 0.4) is 0 Å². The Hall–Kier alpha value is -2.14. The zero-order valence-corrected chi connectivity index (χ0v) is 11.3. The summed E-state index contributed by atoms with van der Waals surface area (Å²) < 4.78 is 23.8. The second kappa shape index (κ2) is 5.67. The summed E-state index contributed by atoms with van der Waals surface area (Å²) in [4.78, 5) is 2.38. The van der Waals surface area contributed by atoms with Gasteiger partial charge in [0.25, 0.3) is 10.0 Å². The Labute approximate surface area is 112 Å². The van der Waals surface area contributed by atoms with Gasteiger partial charge in [0.1, 0.15) is 0 Å². The Morgan fingerprint density at radius 3 is 2.26 bits per heavy atom. The molecule has 19 heavy (non-hydrogen) atoms. The van der Waals surface area contributed by atoms with Crippen LogP contribution in [0.15, 0.2) is 64.6 Å². The number of hydrogen-bond acceptors (Lipinski definition) is 3. The first-order valence-electron chi connectivity index (χ1n) is 5.74. The minimum absolute atomic E-state index is 0.198. The zero-order valence-electron chi connectivity index (χ0n) is 10.4. The van der Waals surface area contributed by atoms with Crippen LogP contribution >= 0.6 is 0 Å². The van der Waals surface area contributed by atoms with Crippen molar-refractivity contribution in [2.75, 3.05) is 0 Å². The predicted molar refractivity (Wildman–Crippen MR) is 75.5 cm³/mol. The summed E-state index contributed by atoms with van der Waals surface area (Å²) in [6, 6.07) is 15.9. The maximum atomic E-state index is 11.9. The lowest BCUT2D eigenvalue weighted by Gasteiger charge is -2.03. The molecule has 0 amide bonds. The predicted octanol–water partition coefficient (Wildman–Crippen LogP) is 2.31. The third-order valence-electron chi connectivity index (χ3n) is 2.52. The fourth-order valence-corrected chi connectivity index (χ4v) is 2.27. The van der Waals surface area contributed by atoms with Crippen LogP contribution in [0.5, 0.6) is 0 Å². The van der Waals surface area contributed by atoms with Gasteiger partial charge in [-0.2, -0.15) is 13.5 Å². The summed E-state index contributed by atoms with van der Waals surface area (Å²) in [5, 5.41) is 3.75. The molecule has 0 spiro atoms. The summed E-state index contributed by atoms with van der Waals surface area (Å²) >= 11 is 0. The molecule has 0 aromatic heterocycles. The van der Waals surface area contributed by atoms with Crippen LogP contribution in [0.4, 0.5) is 0 Å². The monoisotopic (exact) mass is 274 g/mol. The van der Waals surface area contributed by atoms with Crippen molar-refractivity contribution < 1.29 is 8.42 Å². The summed E-state index contributed by atoms with van der Waals surface area (Å²) in [5.74, 6) is 0. The van der Waals surface area contributed by atoms with Gasteiger partial charge in [0.15, 0.2) is 0 Å². The van der Waals surface area contributed by atoms with Gasteiger partial charge in [0, 0.05) is 0 Å². The van der Waals surface area contributed by atoms with E-state index >= 15 is 0 Å². The lowest BCUT2D eigenvalue weighted by Crippen LogP contribution is -2.18. The van der Waals surface area contributed by atoms with Crippen molar-refractivity contribution in [1.82, 2.24) is 4.83 Å². The fourth-order valence-electron chi connectivity index (χ4n) is 1.48. The van der Waals surface area contributed by atoms with Gasteiger partial charge in [-0.15, -0.1) is 0 Å². The Kier molecular flexibility index (Phi) is 3.97.